The number of ether oxygens (including phenoxy) is 1. The first-order valence-electron chi connectivity index (χ1n) is 12.0. The van der Waals surface area contributed by atoms with Crippen LogP contribution >= 0.6 is 39.0 Å². The average Bonchev–Trinajstić information content (AvgIpc) is 3.42. The number of imide groups is 1. The fourth-order valence-corrected chi connectivity index (χ4v) is 8.01. The summed E-state index contributed by atoms with van der Waals surface area (Å²) < 4.78 is 48.5. The minimum Gasteiger partial charge on any atom is -0.489 e. The van der Waals surface area contributed by atoms with Crippen LogP contribution in [0.4, 0.5) is 18.9 Å². The summed E-state index contributed by atoms with van der Waals surface area (Å²) in [6.07, 6.45) is -4.77. The number of alkyl halides is 3. The molecule has 2 amide bonds. The lowest BCUT2D eigenvalue weighted by Crippen LogP contribution is -2.33. The van der Waals surface area contributed by atoms with Gasteiger partial charge in [-0.1, -0.05) is 81.5 Å². The molecule has 3 heterocycles. The zero-order valence-electron chi connectivity index (χ0n) is 20.3. The highest BCUT2D eigenvalue weighted by Crippen LogP contribution is 2.55. The number of nitrogens with one attached hydrogen (secondary N) is 1. The van der Waals surface area contributed by atoms with Gasteiger partial charge in [-0.3, -0.25) is 14.4 Å². The van der Waals surface area contributed by atoms with E-state index in [1.807, 2.05) is 30.3 Å². The lowest BCUT2D eigenvalue weighted by atomic mass is 9.82. The molecule has 0 radical (unpaired) electrons. The highest BCUT2D eigenvalue weighted by Gasteiger charge is 2.57. The molecule has 1 saturated heterocycles. The Labute approximate surface area is 242 Å². The van der Waals surface area contributed by atoms with E-state index in [-0.39, 0.29) is 11.5 Å². The molecule has 0 bridgehead atoms. The van der Waals surface area contributed by atoms with Crippen LogP contribution in [0.5, 0.6) is 5.75 Å². The number of carbonyl (C=O) groups excluding carboxylic acids is 2. The largest absolute Gasteiger partial charge is 0.489 e. The Bertz CT molecular complexity index is 1690. The van der Waals surface area contributed by atoms with Crippen LogP contribution in [0.25, 0.3) is 0 Å². The molecule has 12 heteroatoms. The average molecular weight is 647 g/mol. The van der Waals surface area contributed by atoms with Crippen molar-refractivity contribution in [3.05, 3.63) is 109 Å². The second-order valence-corrected chi connectivity index (χ2v) is 12.3. The summed E-state index contributed by atoms with van der Waals surface area (Å²) in [5.41, 5.74) is -0.133. The number of H-pyrrole nitrogens is 1. The molecule has 3 atom stereocenters. The van der Waals surface area contributed by atoms with E-state index in [4.69, 9.17) is 4.74 Å². The van der Waals surface area contributed by atoms with E-state index in [0.29, 0.717) is 30.6 Å². The van der Waals surface area contributed by atoms with Gasteiger partial charge in [0.05, 0.1) is 22.2 Å². The van der Waals surface area contributed by atoms with Crippen LogP contribution in [0.15, 0.2) is 87.1 Å². The molecule has 2 aliphatic rings. The van der Waals surface area contributed by atoms with E-state index in [2.05, 4.69) is 20.9 Å². The Kier molecular flexibility index (Phi) is 6.87. The smallest absolute Gasteiger partial charge is 0.418 e. The lowest BCUT2D eigenvalue weighted by molar-refractivity contribution is -0.137. The Morgan fingerprint density at radius 2 is 1.68 bits per heavy atom. The quantitative estimate of drug-likeness (QED) is 0.248. The molecule has 1 aromatic heterocycles. The second-order valence-electron chi connectivity index (χ2n) is 9.23. The Hall–Kier alpha value is -3.35. The number of thiazole rings is 1. The molecule has 4 aromatic rings. The van der Waals surface area contributed by atoms with Crippen LogP contribution in [0, 0.1) is 5.92 Å². The summed E-state index contributed by atoms with van der Waals surface area (Å²) in [5, 5.41) is -0.625. The van der Waals surface area contributed by atoms with Crippen LogP contribution in [0.1, 0.15) is 27.5 Å². The van der Waals surface area contributed by atoms with Crippen molar-refractivity contribution >= 4 is 56.5 Å². The molecular formula is C28H18BrF3N2O4S2. The minimum absolute atomic E-state index is 0.221. The van der Waals surface area contributed by atoms with Gasteiger partial charge in [0.1, 0.15) is 17.6 Å². The molecular weight excluding hydrogens is 629 g/mol. The summed E-state index contributed by atoms with van der Waals surface area (Å²) >= 11 is 5.38. The zero-order valence-corrected chi connectivity index (χ0v) is 23.5. The predicted molar refractivity (Wildman–Crippen MR) is 149 cm³/mol. The number of carbonyl (C=O) groups is 2. The molecule has 1 fully saturated rings. The number of amides is 2. The van der Waals surface area contributed by atoms with Crippen LogP contribution < -0.4 is 14.5 Å². The van der Waals surface area contributed by atoms with Gasteiger partial charge in [0, 0.05) is 20.8 Å². The van der Waals surface area contributed by atoms with E-state index >= 15 is 0 Å². The van der Waals surface area contributed by atoms with Gasteiger partial charge < -0.3 is 9.72 Å². The third kappa shape index (κ3) is 4.67. The summed E-state index contributed by atoms with van der Waals surface area (Å²) in [6, 6.07) is 19.2. The maximum absolute atomic E-state index is 14.0. The Balaban J connectivity index is 1.47. The first-order valence-corrected chi connectivity index (χ1v) is 14.5. The number of aromatic amines is 1. The van der Waals surface area contributed by atoms with Crippen molar-refractivity contribution in [3.8, 4) is 5.75 Å². The van der Waals surface area contributed by atoms with E-state index in [9.17, 15) is 27.6 Å². The van der Waals surface area contributed by atoms with Crippen LogP contribution in [0.2, 0.25) is 0 Å². The standard InChI is InChI=1S/C28H18BrF3N2O4S2/c29-15-10-11-19(38-13-14-6-2-1-3-7-14)16(12-15)20-21-23(39-24-22(20)40-27(37)33-24)26(36)34(25(21)35)18-9-5-4-8-17(18)28(30,31)32/h1-12,20-21,23H,13H2,(H,33,37)/t20-,21-,23+/m0/s1. The SMILES string of the molecule is O=C1[C@H]2[C@H](c3cc(Br)ccc3OCc3ccccc3)c3sc(=O)[nH]c3S[C@H]2C(=O)N1c1ccccc1C(F)(F)F. The fraction of sp³-hybridized carbons (Fsp3) is 0.179. The summed E-state index contributed by atoms with van der Waals surface area (Å²) in [5.74, 6) is -2.96. The van der Waals surface area contributed by atoms with Gasteiger partial charge in [0.15, 0.2) is 0 Å². The Morgan fingerprint density at radius 3 is 2.42 bits per heavy atom. The van der Waals surface area contributed by atoms with Gasteiger partial charge in [-0.25, -0.2) is 4.90 Å². The number of nitrogens with zero attached hydrogens (tertiary/aromatic N) is 1. The van der Waals surface area contributed by atoms with Gasteiger partial charge >= 0.3 is 11.0 Å². The molecule has 2 aliphatic heterocycles. The van der Waals surface area contributed by atoms with Gasteiger partial charge in [-0.2, -0.15) is 13.2 Å². The molecule has 3 aromatic carbocycles. The van der Waals surface area contributed by atoms with Crippen molar-refractivity contribution in [2.45, 2.75) is 29.0 Å². The normalized spacial score (nSPS) is 20.4. The number of hydrogen-bond acceptors (Lipinski definition) is 6. The van der Waals surface area contributed by atoms with Gasteiger partial charge in [-0.05, 0) is 35.9 Å². The highest BCUT2D eigenvalue weighted by atomic mass is 79.9. The zero-order chi connectivity index (χ0) is 28.2. The minimum atomic E-state index is -4.77. The molecule has 0 unspecified atom stereocenters. The predicted octanol–water partition coefficient (Wildman–Crippen LogP) is 6.59. The van der Waals surface area contributed by atoms with Crippen molar-refractivity contribution in [3.63, 3.8) is 0 Å². The molecule has 6 rings (SSSR count). The van der Waals surface area contributed by atoms with E-state index in [0.717, 1.165) is 40.8 Å². The first-order chi connectivity index (χ1) is 19.1. The van der Waals surface area contributed by atoms with E-state index in [1.54, 1.807) is 18.2 Å². The molecule has 40 heavy (non-hydrogen) atoms. The van der Waals surface area contributed by atoms with Crippen molar-refractivity contribution < 1.29 is 27.5 Å². The lowest BCUT2D eigenvalue weighted by Gasteiger charge is -2.31. The number of hydrogen-bond donors (Lipinski definition) is 1. The second kappa shape index (κ2) is 10.2. The van der Waals surface area contributed by atoms with E-state index in [1.165, 1.54) is 12.1 Å². The number of fused-ring (bicyclic) bond motifs is 2. The van der Waals surface area contributed by atoms with Gasteiger partial charge in [0.2, 0.25) is 11.8 Å². The summed E-state index contributed by atoms with van der Waals surface area (Å²) in [7, 11) is 0. The number of rotatable bonds is 5. The molecule has 0 saturated carbocycles. The maximum Gasteiger partial charge on any atom is 0.418 e. The molecule has 204 valence electrons. The van der Waals surface area contributed by atoms with Crippen molar-refractivity contribution in [1.29, 1.82) is 0 Å². The van der Waals surface area contributed by atoms with Gasteiger partial charge in [0.25, 0.3) is 0 Å². The number of thioether (sulfide) groups is 1. The third-order valence-electron chi connectivity index (χ3n) is 6.82. The third-order valence-corrected chi connectivity index (χ3v) is 9.71. The monoisotopic (exact) mass is 646 g/mol. The van der Waals surface area contributed by atoms with Crippen molar-refractivity contribution in [2.24, 2.45) is 5.92 Å². The number of para-hydroxylation sites is 1. The van der Waals surface area contributed by atoms with Crippen LogP contribution in [-0.2, 0) is 22.4 Å². The molecule has 0 spiro atoms. The van der Waals surface area contributed by atoms with Crippen LogP contribution in [-0.4, -0.2) is 22.0 Å². The number of anilines is 1. The highest BCUT2D eigenvalue weighted by molar-refractivity contribution is 9.10. The summed E-state index contributed by atoms with van der Waals surface area (Å²) in [4.78, 5) is 43.7. The maximum atomic E-state index is 14.0. The van der Waals surface area contributed by atoms with Crippen molar-refractivity contribution in [1.82, 2.24) is 4.98 Å². The fourth-order valence-electron chi connectivity index (χ4n) is 5.13. The molecule has 1 N–H and O–H groups in total. The first kappa shape index (κ1) is 26.9. The topological polar surface area (TPSA) is 79.5 Å². The number of benzene rings is 3. The van der Waals surface area contributed by atoms with Crippen molar-refractivity contribution in [2.75, 3.05) is 4.90 Å². The summed E-state index contributed by atoms with van der Waals surface area (Å²) in [6.45, 7) is 0.221. The number of aromatic nitrogens is 1. The van der Waals surface area contributed by atoms with E-state index < -0.39 is 46.3 Å². The van der Waals surface area contributed by atoms with Crippen LogP contribution in [0.3, 0.4) is 0 Å². The van der Waals surface area contributed by atoms with Gasteiger partial charge in [-0.15, -0.1) is 0 Å². The Morgan fingerprint density at radius 1 is 0.950 bits per heavy atom. The number of halogens is 4. The molecule has 6 nitrogen and oxygen atoms in total. The molecule has 0 aliphatic carbocycles.